The van der Waals surface area contributed by atoms with E-state index in [2.05, 4.69) is 34.0 Å². The summed E-state index contributed by atoms with van der Waals surface area (Å²) in [4.78, 5) is 11.4. The van der Waals surface area contributed by atoms with Gasteiger partial charge in [0.25, 0.3) is 0 Å². The third-order valence-corrected chi connectivity index (χ3v) is 7.86. The van der Waals surface area contributed by atoms with E-state index in [4.69, 9.17) is 14.2 Å². The zero-order chi connectivity index (χ0) is 23.4. The van der Waals surface area contributed by atoms with Gasteiger partial charge in [0.05, 0.1) is 41.1 Å². The first-order chi connectivity index (χ1) is 15.9. The van der Waals surface area contributed by atoms with Crippen LogP contribution in [0, 0.1) is 6.92 Å². The molecule has 3 aliphatic rings. The van der Waals surface area contributed by atoms with Crippen LogP contribution >= 0.6 is 0 Å². The van der Waals surface area contributed by atoms with Gasteiger partial charge in [-0.2, -0.15) is 0 Å². The number of ether oxygens (including phenoxy) is 3. The van der Waals surface area contributed by atoms with Gasteiger partial charge in [-0.25, -0.2) is 9.98 Å². The molecule has 0 spiro atoms. The smallest absolute Gasteiger partial charge is 0.220 e. The summed E-state index contributed by atoms with van der Waals surface area (Å²) in [6.07, 6.45) is 7.69. The molecule has 2 fully saturated rings. The Balaban J connectivity index is 1.33. The standard InChI is InChI=1S/C24H36N4O4S/c1-16(2)31-15-28-13-10-18(11-14-28)32-24-23(30-4)21(9-12-25-24)27-20-7-8-22(26-17(20)3)33(29)19-5-6-19/h7-9,12,16,18-19,21,23,27H,5-6,10-11,13-15H2,1-4H3. The van der Waals surface area contributed by atoms with Crippen LogP contribution in [-0.4, -0.2) is 76.5 Å². The van der Waals surface area contributed by atoms with E-state index in [1.807, 2.05) is 25.1 Å². The minimum Gasteiger partial charge on any atom is -0.475 e. The van der Waals surface area contributed by atoms with Crippen LogP contribution in [-0.2, 0) is 25.0 Å². The number of aromatic nitrogens is 1. The molecule has 0 bridgehead atoms. The van der Waals surface area contributed by atoms with E-state index < -0.39 is 10.8 Å². The Morgan fingerprint density at radius 1 is 1.21 bits per heavy atom. The van der Waals surface area contributed by atoms with Crippen molar-refractivity contribution in [2.24, 2.45) is 4.99 Å². The largest absolute Gasteiger partial charge is 0.475 e. The van der Waals surface area contributed by atoms with Gasteiger partial charge in [0.1, 0.15) is 11.1 Å². The fraction of sp³-hybridized carbons (Fsp3) is 0.667. The molecule has 2 aliphatic heterocycles. The molecule has 0 amide bonds. The lowest BCUT2D eigenvalue weighted by molar-refractivity contribution is -0.0309. The Kier molecular flexibility index (Phi) is 8.16. The maximum atomic E-state index is 12.4. The average molecular weight is 477 g/mol. The van der Waals surface area contributed by atoms with Crippen molar-refractivity contribution in [2.45, 2.75) is 81.1 Å². The van der Waals surface area contributed by atoms with Crippen LogP contribution in [0.2, 0.25) is 0 Å². The highest BCUT2D eigenvalue weighted by Gasteiger charge is 2.33. The molecular weight excluding hydrogens is 440 g/mol. The number of pyridine rings is 1. The monoisotopic (exact) mass is 476 g/mol. The first-order valence-electron chi connectivity index (χ1n) is 11.9. The van der Waals surface area contributed by atoms with Gasteiger partial charge in [0, 0.05) is 31.6 Å². The number of hydrogen-bond donors (Lipinski definition) is 1. The molecule has 1 N–H and O–H groups in total. The Morgan fingerprint density at radius 3 is 2.61 bits per heavy atom. The van der Waals surface area contributed by atoms with E-state index >= 15 is 0 Å². The highest BCUT2D eigenvalue weighted by molar-refractivity contribution is 7.85. The molecule has 4 rings (SSSR count). The Morgan fingerprint density at radius 2 is 1.97 bits per heavy atom. The van der Waals surface area contributed by atoms with Crippen LogP contribution in [0.1, 0.15) is 45.2 Å². The summed E-state index contributed by atoms with van der Waals surface area (Å²) in [6.45, 7) is 8.61. The molecule has 3 atom stereocenters. The number of piperidine rings is 1. The lowest BCUT2D eigenvalue weighted by atomic mass is 10.1. The van der Waals surface area contributed by atoms with Gasteiger partial charge in [-0.1, -0.05) is 0 Å². The van der Waals surface area contributed by atoms with Crippen molar-refractivity contribution in [3.63, 3.8) is 0 Å². The summed E-state index contributed by atoms with van der Waals surface area (Å²) in [6, 6.07) is 3.68. The Hall–Kier alpha value is -1.81. The maximum Gasteiger partial charge on any atom is 0.220 e. The third-order valence-electron chi connectivity index (χ3n) is 6.15. The van der Waals surface area contributed by atoms with Crippen molar-refractivity contribution >= 4 is 22.4 Å². The number of anilines is 1. The van der Waals surface area contributed by atoms with Crippen LogP contribution in [0.15, 0.2) is 34.4 Å². The normalized spacial score (nSPS) is 25.2. The molecule has 8 nitrogen and oxygen atoms in total. The summed E-state index contributed by atoms with van der Waals surface area (Å²) >= 11 is 0. The SMILES string of the molecule is COC1C(OC2CCN(COC(C)C)CC2)=NC=CC1Nc1ccc(S(=O)C2CC2)nc1C. The Labute approximate surface area is 199 Å². The van der Waals surface area contributed by atoms with E-state index in [0.29, 0.717) is 17.7 Å². The van der Waals surface area contributed by atoms with Gasteiger partial charge in [0.15, 0.2) is 6.10 Å². The molecule has 0 aromatic carbocycles. The fourth-order valence-corrected chi connectivity index (χ4v) is 5.36. The molecule has 182 valence electrons. The lowest BCUT2D eigenvalue weighted by Gasteiger charge is -2.35. The van der Waals surface area contributed by atoms with Crippen molar-refractivity contribution in [2.75, 3.05) is 32.2 Å². The van der Waals surface area contributed by atoms with Crippen LogP contribution in [0.3, 0.4) is 0 Å². The first kappa shape index (κ1) is 24.3. The van der Waals surface area contributed by atoms with Crippen molar-refractivity contribution in [1.82, 2.24) is 9.88 Å². The van der Waals surface area contributed by atoms with Gasteiger partial charge >= 0.3 is 0 Å². The van der Waals surface area contributed by atoms with Gasteiger partial charge in [-0.3, -0.25) is 9.11 Å². The molecule has 0 radical (unpaired) electrons. The number of aryl methyl sites for hydroxylation is 1. The summed E-state index contributed by atoms with van der Waals surface area (Å²) in [5, 5.41) is 4.45. The number of likely N-dealkylation sites (tertiary alicyclic amines) is 1. The molecule has 9 heteroatoms. The predicted octanol–water partition coefficient (Wildman–Crippen LogP) is 3.24. The molecule has 3 heterocycles. The van der Waals surface area contributed by atoms with E-state index in [1.165, 1.54) is 0 Å². The van der Waals surface area contributed by atoms with Gasteiger partial charge in [-0.05, 0) is 64.7 Å². The number of hydrogen-bond acceptors (Lipinski definition) is 8. The maximum absolute atomic E-state index is 12.4. The second kappa shape index (κ2) is 11.1. The molecular formula is C24H36N4O4S. The van der Waals surface area contributed by atoms with Crippen LogP contribution < -0.4 is 5.32 Å². The van der Waals surface area contributed by atoms with Crippen molar-refractivity contribution < 1.29 is 18.4 Å². The molecule has 1 aromatic rings. The number of nitrogens with zero attached hydrogens (tertiary/aromatic N) is 3. The third kappa shape index (κ3) is 6.41. The predicted molar refractivity (Wildman–Crippen MR) is 130 cm³/mol. The molecule has 1 saturated heterocycles. The van der Waals surface area contributed by atoms with Crippen LogP contribution in [0.5, 0.6) is 0 Å². The lowest BCUT2D eigenvalue weighted by Crippen LogP contribution is -2.46. The minimum atomic E-state index is -1.00. The van der Waals surface area contributed by atoms with Crippen molar-refractivity contribution in [3.8, 4) is 0 Å². The highest BCUT2D eigenvalue weighted by atomic mass is 32.2. The van der Waals surface area contributed by atoms with Gasteiger partial charge in [-0.15, -0.1) is 0 Å². The van der Waals surface area contributed by atoms with Gasteiger partial charge in [0.2, 0.25) is 5.90 Å². The number of methoxy groups -OCH3 is 1. The summed E-state index contributed by atoms with van der Waals surface area (Å²) in [7, 11) is 0.674. The summed E-state index contributed by atoms with van der Waals surface area (Å²) in [5.41, 5.74) is 1.72. The van der Waals surface area contributed by atoms with E-state index in [-0.39, 0.29) is 29.6 Å². The van der Waals surface area contributed by atoms with E-state index in [1.54, 1.807) is 13.3 Å². The summed E-state index contributed by atoms with van der Waals surface area (Å²) in [5.74, 6) is 0.603. The molecule has 33 heavy (non-hydrogen) atoms. The number of rotatable bonds is 9. The van der Waals surface area contributed by atoms with E-state index in [9.17, 15) is 4.21 Å². The second-order valence-electron chi connectivity index (χ2n) is 9.19. The summed E-state index contributed by atoms with van der Waals surface area (Å²) < 4.78 is 30.2. The average Bonchev–Trinajstić information content (AvgIpc) is 3.65. The minimum absolute atomic E-state index is 0.115. The van der Waals surface area contributed by atoms with Crippen molar-refractivity contribution in [1.29, 1.82) is 0 Å². The van der Waals surface area contributed by atoms with Crippen molar-refractivity contribution in [3.05, 3.63) is 30.1 Å². The van der Waals surface area contributed by atoms with Crippen LogP contribution in [0.4, 0.5) is 5.69 Å². The fourth-order valence-electron chi connectivity index (χ4n) is 4.02. The zero-order valence-corrected chi connectivity index (χ0v) is 20.8. The topological polar surface area (TPSA) is 85.3 Å². The quantitative estimate of drug-likeness (QED) is 0.586. The van der Waals surface area contributed by atoms with Crippen LogP contribution in [0.25, 0.3) is 0 Å². The molecule has 1 aliphatic carbocycles. The number of aliphatic imine (C=N–C) groups is 1. The molecule has 1 aromatic heterocycles. The highest BCUT2D eigenvalue weighted by Crippen LogP contribution is 2.30. The second-order valence-corrected chi connectivity index (χ2v) is 10.9. The first-order valence-corrected chi connectivity index (χ1v) is 13.1. The molecule has 1 saturated carbocycles. The zero-order valence-electron chi connectivity index (χ0n) is 20.0. The number of nitrogens with one attached hydrogen (secondary N) is 1. The van der Waals surface area contributed by atoms with E-state index in [0.717, 1.165) is 50.2 Å². The molecule has 3 unspecified atom stereocenters. The Bertz CT molecular complexity index is 894. The van der Waals surface area contributed by atoms with Gasteiger partial charge < -0.3 is 19.5 Å².